The van der Waals surface area contributed by atoms with Crippen molar-refractivity contribution in [2.45, 2.75) is 13.8 Å². The minimum Gasteiger partial charge on any atom is -0.365 e. The molecule has 0 bridgehead atoms. The van der Waals surface area contributed by atoms with Crippen molar-refractivity contribution in [3.8, 4) is 0 Å². The average molecular weight is 148 g/mol. The molecule has 2 heteroatoms. The topological polar surface area (TPSA) is 28.7 Å². The molecule has 0 aliphatic rings. The van der Waals surface area contributed by atoms with Crippen LogP contribution in [0.1, 0.15) is 11.3 Å². The van der Waals surface area contributed by atoms with E-state index in [4.69, 9.17) is 0 Å². The molecule has 0 spiro atoms. The first-order chi connectivity index (χ1) is 5.29. The van der Waals surface area contributed by atoms with Gasteiger partial charge in [-0.15, -0.1) is 0 Å². The molecule has 0 radical (unpaired) electrons. The molecule has 0 fully saturated rings. The third-order valence-electron chi connectivity index (χ3n) is 1.30. The molecule has 11 heavy (non-hydrogen) atoms. The average Bonchev–Trinajstić information content (AvgIpc) is 2.02. The van der Waals surface area contributed by atoms with Crippen molar-refractivity contribution in [2.24, 2.45) is 0 Å². The van der Waals surface area contributed by atoms with E-state index >= 15 is 0 Å². The van der Waals surface area contributed by atoms with Crippen molar-refractivity contribution in [3.63, 3.8) is 0 Å². The first-order valence-corrected chi connectivity index (χ1v) is 3.59. The summed E-state index contributed by atoms with van der Waals surface area (Å²) < 4.78 is 0. The number of H-pyrrole nitrogens is 1. The van der Waals surface area contributed by atoms with Crippen molar-refractivity contribution >= 4 is 0 Å². The first kappa shape index (κ1) is 7.79. The Balaban J connectivity index is 3.25. The van der Waals surface area contributed by atoms with Crippen LogP contribution in [0.3, 0.4) is 0 Å². The number of aromatic nitrogens is 2. The van der Waals surface area contributed by atoms with Crippen molar-refractivity contribution in [3.05, 3.63) is 42.0 Å². The highest BCUT2D eigenvalue weighted by Gasteiger charge is 1.78. The Hall–Kier alpha value is -1.31. The molecule has 1 aromatic rings. The van der Waals surface area contributed by atoms with Crippen molar-refractivity contribution < 1.29 is 0 Å². The zero-order chi connectivity index (χ0) is 8.10. The van der Waals surface area contributed by atoms with Gasteiger partial charge in [-0.3, -0.25) is 4.98 Å². The Morgan fingerprint density at radius 1 is 1.36 bits per heavy atom. The van der Waals surface area contributed by atoms with Crippen LogP contribution in [0.4, 0.5) is 0 Å². The van der Waals surface area contributed by atoms with E-state index in [0.29, 0.717) is 0 Å². The highest BCUT2D eigenvalue weighted by atomic mass is 14.7. The SMILES string of the molecule is Cc1cnccc[nH]c(C)c1. The van der Waals surface area contributed by atoms with E-state index in [0.717, 1.165) is 11.3 Å². The second-order valence-corrected chi connectivity index (χ2v) is 2.50. The second kappa shape index (κ2) is 3.76. The summed E-state index contributed by atoms with van der Waals surface area (Å²) in [5.74, 6) is 0. The summed E-state index contributed by atoms with van der Waals surface area (Å²) in [6, 6.07) is 3.92. The summed E-state index contributed by atoms with van der Waals surface area (Å²) in [7, 11) is 0. The number of hydrogen-bond acceptors (Lipinski definition) is 1. The number of rotatable bonds is 0. The molecule has 0 saturated carbocycles. The van der Waals surface area contributed by atoms with Gasteiger partial charge in [-0.05, 0) is 31.5 Å². The van der Waals surface area contributed by atoms with Crippen molar-refractivity contribution in [1.82, 2.24) is 9.97 Å². The van der Waals surface area contributed by atoms with Crippen LogP contribution in [-0.4, -0.2) is 9.97 Å². The van der Waals surface area contributed by atoms with Crippen LogP contribution in [-0.2, 0) is 0 Å². The largest absolute Gasteiger partial charge is 0.365 e. The maximum Gasteiger partial charge on any atom is 0.0297 e. The van der Waals surface area contributed by atoms with Crippen molar-refractivity contribution in [2.75, 3.05) is 0 Å². The molecular formula is C9H12N2. The molecule has 1 rings (SSSR count). The molecular weight excluding hydrogens is 136 g/mol. The van der Waals surface area contributed by atoms with Gasteiger partial charge in [0.05, 0.1) is 0 Å². The fraction of sp³-hybridized carbons (Fsp3) is 0.222. The quantitative estimate of drug-likeness (QED) is 0.600. The van der Waals surface area contributed by atoms with Gasteiger partial charge in [0.1, 0.15) is 0 Å². The molecule has 1 heterocycles. The summed E-state index contributed by atoms with van der Waals surface area (Å²) in [4.78, 5) is 7.15. The summed E-state index contributed by atoms with van der Waals surface area (Å²) in [5, 5.41) is 0. The van der Waals surface area contributed by atoms with Crippen LogP contribution in [0.25, 0.3) is 0 Å². The van der Waals surface area contributed by atoms with Gasteiger partial charge < -0.3 is 4.98 Å². The smallest absolute Gasteiger partial charge is 0.0297 e. The Bertz CT molecular complexity index is 248. The fourth-order valence-corrected chi connectivity index (χ4v) is 0.853. The predicted octanol–water partition coefficient (Wildman–Crippen LogP) is 2.15. The van der Waals surface area contributed by atoms with E-state index in [2.05, 4.69) is 9.97 Å². The van der Waals surface area contributed by atoms with E-state index in [1.54, 1.807) is 6.20 Å². The molecule has 0 aliphatic carbocycles. The molecule has 2 nitrogen and oxygen atoms in total. The Morgan fingerprint density at radius 3 is 3.00 bits per heavy atom. The van der Waals surface area contributed by atoms with E-state index < -0.39 is 0 Å². The number of aryl methyl sites for hydroxylation is 2. The van der Waals surface area contributed by atoms with E-state index in [1.807, 2.05) is 38.4 Å². The van der Waals surface area contributed by atoms with Gasteiger partial charge in [0.25, 0.3) is 0 Å². The minimum absolute atomic E-state index is 1.13. The molecule has 1 aromatic heterocycles. The van der Waals surface area contributed by atoms with E-state index in [9.17, 15) is 0 Å². The van der Waals surface area contributed by atoms with Crippen LogP contribution in [0.5, 0.6) is 0 Å². The van der Waals surface area contributed by atoms with Gasteiger partial charge in [-0.2, -0.15) is 0 Å². The molecule has 58 valence electrons. The maximum absolute atomic E-state index is 4.05. The van der Waals surface area contributed by atoms with Gasteiger partial charge in [0, 0.05) is 24.3 Å². The highest BCUT2D eigenvalue weighted by molar-refractivity contribution is 5.07. The Morgan fingerprint density at radius 2 is 2.18 bits per heavy atom. The highest BCUT2D eigenvalue weighted by Crippen LogP contribution is 1.92. The van der Waals surface area contributed by atoms with Crippen LogP contribution >= 0.6 is 0 Å². The van der Waals surface area contributed by atoms with Gasteiger partial charge in [0.15, 0.2) is 0 Å². The summed E-state index contributed by atoms with van der Waals surface area (Å²) >= 11 is 0. The first-order valence-electron chi connectivity index (χ1n) is 3.59. The maximum atomic E-state index is 4.05. The molecule has 0 saturated heterocycles. The fourth-order valence-electron chi connectivity index (χ4n) is 0.853. The summed E-state index contributed by atoms with van der Waals surface area (Å²) in [6.07, 6.45) is 5.45. The lowest BCUT2D eigenvalue weighted by atomic mass is 10.3. The van der Waals surface area contributed by atoms with Gasteiger partial charge in [0.2, 0.25) is 0 Å². The van der Waals surface area contributed by atoms with Crippen LogP contribution < -0.4 is 0 Å². The molecule has 0 aliphatic heterocycles. The molecule has 0 atom stereocenters. The summed E-state index contributed by atoms with van der Waals surface area (Å²) in [6.45, 7) is 4.04. The third kappa shape index (κ3) is 2.85. The summed E-state index contributed by atoms with van der Waals surface area (Å²) in [5.41, 5.74) is 2.27. The lowest BCUT2D eigenvalue weighted by Gasteiger charge is -1.85. The predicted molar refractivity (Wildman–Crippen MR) is 45.7 cm³/mol. The lowest BCUT2D eigenvalue weighted by Crippen LogP contribution is -1.72. The zero-order valence-electron chi connectivity index (χ0n) is 6.83. The minimum atomic E-state index is 1.13. The van der Waals surface area contributed by atoms with Crippen LogP contribution in [0, 0.1) is 13.8 Å². The number of nitrogens with zero attached hydrogens (tertiary/aromatic N) is 1. The van der Waals surface area contributed by atoms with E-state index in [-0.39, 0.29) is 0 Å². The van der Waals surface area contributed by atoms with Gasteiger partial charge in [-0.25, -0.2) is 0 Å². The number of nitrogens with one attached hydrogen (secondary N) is 1. The van der Waals surface area contributed by atoms with Crippen molar-refractivity contribution in [1.29, 1.82) is 0 Å². The third-order valence-corrected chi connectivity index (χ3v) is 1.30. The second-order valence-electron chi connectivity index (χ2n) is 2.50. The Labute approximate surface area is 66.6 Å². The van der Waals surface area contributed by atoms with Crippen LogP contribution in [0.15, 0.2) is 30.7 Å². The lowest BCUT2D eigenvalue weighted by molar-refractivity contribution is 1.21. The zero-order valence-corrected chi connectivity index (χ0v) is 6.83. The normalized spacial score (nSPS) is 8.91. The van der Waals surface area contributed by atoms with Crippen LogP contribution in [0.2, 0.25) is 0 Å². The van der Waals surface area contributed by atoms with E-state index in [1.165, 1.54) is 0 Å². The molecule has 0 amide bonds. The Kier molecular flexibility index (Phi) is 2.66. The molecule has 1 N–H and O–H groups in total. The monoisotopic (exact) mass is 148 g/mol. The van der Waals surface area contributed by atoms with Gasteiger partial charge in [-0.1, -0.05) is 0 Å². The van der Waals surface area contributed by atoms with Gasteiger partial charge >= 0.3 is 0 Å². The number of hydrogen-bond donors (Lipinski definition) is 1. The number of aromatic amines is 1. The molecule has 0 aromatic carbocycles. The standard InChI is InChI=1S/C9H12N2/c1-8-6-9(2)11-5-3-4-10-7-8/h3-7,11H,1-2H3. The molecule has 0 unspecified atom stereocenters.